The Balaban J connectivity index is 1.70. The number of fused-ring (bicyclic) bond motifs is 1. The van der Waals surface area contributed by atoms with Gasteiger partial charge in [0.05, 0.1) is 7.11 Å². The summed E-state index contributed by atoms with van der Waals surface area (Å²) in [5.74, 6) is 0.667. The van der Waals surface area contributed by atoms with Crippen LogP contribution in [0.15, 0.2) is 47.0 Å². The summed E-state index contributed by atoms with van der Waals surface area (Å²) in [5, 5.41) is 9.36. The molecule has 8 heteroatoms. The topological polar surface area (TPSA) is 81.4 Å². The third-order valence-corrected chi connectivity index (χ3v) is 5.76. The molecule has 0 saturated carbocycles. The smallest absolute Gasteiger partial charge is 0.248 e. The number of hydrogen-bond acceptors (Lipinski definition) is 6. The van der Waals surface area contributed by atoms with Crippen molar-refractivity contribution >= 4 is 34.6 Å². The first-order valence-electron chi connectivity index (χ1n) is 8.52. The van der Waals surface area contributed by atoms with E-state index in [9.17, 15) is 4.79 Å². The van der Waals surface area contributed by atoms with Gasteiger partial charge in [0.25, 0.3) is 0 Å². The number of nitrogens with zero attached hydrogens (tertiary/aromatic N) is 4. The molecule has 1 aromatic carbocycles. The van der Waals surface area contributed by atoms with Gasteiger partial charge in [0.2, 0.25) is 11.9 Å². The molecular formula is C19H19N5O2S. The number of methoxy groups -OCH3 is 1. The molecular weight excluding hydrogens is 362 g/mol. The number of thiophene rings is 1. The van der Waals surface area contributed by atoms with Crippen molar-refractivity contribution in [3.63, 3.8) is 0 Å². The SMILES string of the molecule is COc1ccc(NC(=O)C2C(C)=Nc3ncnn3C2c2sccc2C)cc1. The van der Waals surface area contributed by atoms with E-state index in [0.717, 1.165) is 21.9 Å². The summed E-state index contributed by atoms with van der Waals surface area (Å²) in [7, 11) is 1.61. The normalized spacial score (nSPS) is 18.6. The van der Waals surface area contributed by atoms with E-state index in [4.69, 9.17) is 4.74 Å². The molecule has 3 aromatic rings. The van der Waals surface area contributed by atoms with Crippen LogP contribution in [0.25, 0.3) is 0 Å². The van der Waals surface area contributed by atoms with Crippen LogP contribution in [0, 0.1) is 12.8 Å². The first-order chi connectivity index (χ1) is 13.1. The highest BCUT2D eigenvalue weighted by Crippen LogP contribution is 2.39. The Bertz CT molecular complexity index is 1010. The lowest BCUT2D eigenvalue weighted by Crippen LogP contribution is -2.39. The third-order valence-electron chi connectivity index (χ3n) is 4.67. The molecule has 0 aliphatic carbocycles. The standard InChI is InChI=1S/C19H19N5O2S/c1-11-8-9-27-17(11)16-15(12(2)22-19-20-10-21-24(16)19)18(25)23-13-4-6-14(26-3)7-5-13/h4-10,15-16H,1-3H3,(H,23,25). The maximum absolute atomic E-state index is 13.2. The number of aromatic nitrogens is 3. The average Bonchev–Trinajstić information content (AvgIpc) is 3.29. The zero-order valence-corrected chi connectivity index (χ0v) is 16.0. The molecule has 1 amide bonds. The van der Waals surface area contributed by atoms with E-state index in [1.54, 1.807) is 23.1 Å². The first kappa shape index (κ1) is 17.4. The number of anilines is 1. The van der Waals surface area contributed by atoms with Crippen molar-refractivity contribution in [3.05, 3.63) is 52.5 Å². The van der Waals surface area contributed by atoms with Crippen molar-refractivity contribution in [1.82, 2.24) is 14.8 Å². The van der Waals surface area contributed by atoms with Gasteiger partial charge < -0.3 is 10.1 Å². The monoisotopic (exact) mass is 381 g/mol. The van der Waals surface area contributed by atoms with Gasteiger partial charge in [0.1, 0.15) is 24.0 Å². The van der Waals surface area contributed by atoms with Gasteiger partial charge in [-0.05, 0) is 55.1 Å². The van der Waals surface area contributed by atoms with Crippen LogP contribution in [0.5, 0.6) is 5.75 Å². The van der Waals surface area contributed by atoms with E-state index in [-0.39, 0.29) is 11.9 Å². The van der Waals surface area contributed by atoms with E-state index >= 15 is 0 Å². The number of aryl methyl sites for hydroxylation is 1. The largest absolute Gasteiger partial charge is 0.497 e. The highest BCUT2D eigenvalue weighted by atomic mass is 32.1. The summed E-state index contributed by atoms with van der Waals surface area (Å²) in [4.78, 5) is 23.0. The van der Waals surface area contributed by atoms with Crippen LogP contribution in [-0.2, 0) is 4.79 Å². The van der Waals surface area contributed by atoms with Crippen LogP contribution in [0.4, 0.5) is 11.6 Å². The van der Waals surface area contributed by atoms with E-state index in [1.807, 2.05) is 43.5 Å². The van der Waals surface area contributed by atoms with Crippen LogP contribution >= 0.6 is 11.3 Å². The zero-order valence-electron chi connectivity index (χ0n) is 15.2. The molecule has 0 saturated heterocycles. The van der Waals surface area contributed by atoms with E-state index in [0.29, 0.717) is 11.6 Å². The number of ether oxygens (including phenoxy) is 1. The van der Waals surface area contributed by atoms with Crippen molar-refractivity contribution < 1.29 is 9.53 Å². The molecule has 27 heavy (non-hydrogen) atoms. The number of hydrogen-bond donors (Lipinski definition) is 1. The van der Waals surface area contributed by atoms with Gasteiger partial charge in [-0.3, -0.25) is 4.79 Å². The van der Waals surface area contributed by atoms with E-state index in [2.05, 4.69) is 26.5 Å². The fraction of sp³-hybridized carbons (Fsp3) is 0.263. The molecule has 1 aliphatic rings. The van der Waals surface area contributed by atoms with Crippen LogP contribution in [0.3, 0.4) is 0 Å². The lowest BCUT2D eigenvalue weighted by molar-refractivity contribution is -0.118. The second kappa shape index (κ2) is 6.96. The zero-order chi connectivity index (χ0) is 19.0. The molecule has 0 spiro atoms. The van der Waals surface area contributed by atoms with Crippen molar-refractivity contribution in [2.24, 2.45) is 10.9 Å². The van der Waals surface area contributed by atoms with Gasteiger partial charge in [-0.15, -0.1) is 11.3 Å². The van der Waals surface area contributed by atoms with Gasteiger partial charge >= 0.3 is 0 Å². The number of carbonyl (C=O) groups excluding carboxylic acids is 1. The minimum Gasteiger partial charge on any atom is -0.497 e. The molecule has 4 rings (SSSR count). The van der Waals surface area contributed by atoms with Crippen molar-refractivity contribution in [2.45, 2.75) is 19.9 Å². The summed E-state index contributed by atoms with van der Waals surface area (Å²) in [6.07, 6.45) is 1.48. The van der Waals surface area contributed by atoms with Gasteiger partial charge in [-0.2, -0.15) is 10.1 Å². The summed E-state index contributed by atoms with van der Waals surface area (Å²) >= 11 is 1.62. The van der Waals surface area contributed by atoms with Crippen molar-refractivity contribution in [1.29, 1.82) is 0 Å². The van der Waals surface area contributed by atoms with Gasteiger partial charge in [0.15, 0.2) is 0 Å². The predicted octanol–water partition coefficient (Wildman–Crippen LogP) is 3.61. The van der Waals surface area contributed by atoms with Gasteiger partial charge in [0, 0.05) is 16.3 Å². The second-order valence-corrected chi connectivity index (χ2v) is 7.31. The Morgan fingerprint density at radius 2 is 2.00 bits per heavy atom. The Morgan fingerprint density at radius 1 is 1.22 bits per heavy atom. The predicted molar refractivity (Wildman–Crippen MR) is 105 cm³/mol. The van der Waals surface area contributed by atoms with Crippen LogP contribution in [-0.4, -0.2) is 33.5 Å². The number of amides is 1. The highest BCUT2D eigenvalue weighted by Gasteiger charge is 2.39. The Hall–Kier alpha value is -3.00. The summed E-state index contributed by atoms with van der Waals surface area (Å²) in [6, 6.07) is 9.05. The first-order valence-corrected chi connectivity index (χ1v) is 9.40. The maximum atomic E-state index is 13.2. The molecule has 0 radical (unpaired) electrons. The number of carbonyl (C=O) groups is 1. The number of benzene rings is 1. The fourth-order valence-corrected chi connectivity index (χ4v) is 4.34. The Labute approximate surface area is 160 Å². The molecule has 1 N–H and O–H groups in total. The lowest BCUT2D eigenvalue weighted by Gasteiger charge is -2.30. The Kier molecular flexibility index (Phi) is 4.49. The lowest BCUT2D eigenvalue weighted by atomic mass is 9.90. The molecule has 1 aliphatic heterocycles. The number of aliphatic imine (C=N–C) groups is 1. The van der Waals surface area contributed by atoms with E-state index < -0.39 is 5.92 Å². The molecule has 138 valence electrons. The summed E-state index contributed by atoms with van der Waals surface area (Å²) in [5.41, 5.74) is 2.56. The number of nitrogens with one attached hydrogen (secondary N) is 1. The maximum Gasteiger partial charge on any atom is 0.248 e. The molecule has 2 aromatic heterocycles. The molecule has 2 unspecified atom stereocenters. The van der Waals surface area contributed by atoms with Crippen LogP contribution < -0.4 is 10.1 Å². The van der Waals surface area contributed by atoms with Gasteiger partial charge in [-0.1, -0.05) is 0 Å². The average molecular weight is 381 g/mol. The van der Waals surface area contributed by atoms with Crippen molar-refractivity contribution in [3.8, 4) is 5.75 Å². The second-order valence-electron chi connectivity index (χ2n) is 6.37. The van der Waals surface area contributed by atoms with Crippen LogP contribution in [0.2, 0.25) is 0 Å². The molecule has 0 bridgehead atoms. The highest BCUT2D eigenvalue weighted by molar-refractivity contribution is 7.10. The molecule has 3 heterocycles. The quantitative estimate of drug-likeness (QED) is 0.749. The number of rotatable bonds is 4. The van der Waals surface area contributed by atoms with E-state index in [1.165, 1.54) is 6.33 Å². The summed E-state index contributed by atoms with van der Waals surface area (Å²) < 4.78 is 6.91. The fourth-order valence-electron chi connectivity index (χ4n) is 3.29. The molecule has 2 atom stereocenters. The third kappa shape index (κ3) is 3.12. The molecule has 7 nitrogen and oxygen atoms in total. The Morgan fingerprint density at radius 3 is 2.67 bits per heavy atom. The molecule has 0 fully saturated rings. The minimum absolute atomic E-state index is 0.125. The van der Waals surface area contributed by atoms with Crippen molar-refractivity contribution in [2.75, 3.05) is 12.4 Å². The minimum atomic E-state index is -0.473. The van der Waals surface area contributed by atoms with Gasteiger partial charge in [-0.25, -0.2) is 9.67 Å². The van der Waals surface area contributed by atoms with Crippen LogP contribution in [0.1, 0.15) is 23.4 Å². The summed E-state index contributed by atoms with van der Waals surface area (Å²) in [6.45, 7) is 3.91.